The fourth-order valence-electron chi connectivity index (χ4n) is 4.07. The van der Waals surface area contributed by atoms with Crippen molar-refractivity contribution in [1.29, 1.82) is 0 Å². The summed E-state index contributed by atoms with van der Waals surface area (Å²) < 4.78 is 47.8. The monoisotopic (exact) mass is 558 g/mol. The van der Waals surface area contributed by atoms with Gasteiger partial charge < -0.3 is 15.2 Å². The Morgan fingerprint density at radius 1 is 1.44 bits per heavy atom. The van der Waals surface area contributed by atoms with Crippen molar-refractivity contribution < 1.29 is 27.8 Å². The lowest BCUT2D eigenvalue weighted by Crippen LogP contribution is -2.51. The molecule has 4 rings (SSSR count). The lowest BCUT2D eigenvalue weighted by Gasteiger charge is -2.37. The molecule has 2 atom stereocenters. The highest BCUT2D eigenvalue weighted by Crippen LogP contribution is 2.37. The summed E-state index contributed by atoms with van der Waals surface area (Å²) in [6.07, 6.45) is -0.218. The van der Waals surface area contributed by atoms with Crippen molar-refractivity contribution >= 4 is 39.1 Å². The minimum absolute atomic E-state index is 0.0194. The molecule has 2 aliphatic rings. The van der Waals surface area contributed by atoms with E-state index in [0.717, 1.165) is 0 Å². The molecule has 12 heteroatoms. The Kier molecular flexibility index (Phi) is 7.41. The summed E-state index contributed by atoms with van der Waals surface area (Å²) in [4.78, 5) is 23.4. The fraction of sp³-hybridized carbons (Fsp3) is 0.409. The molecule has 2 aliphatic heterocycles. The van der Waals surface area contributed by atoms with E-state index in [2.05, 4.69) is 31.2 Å². The van der Waals surface area contributed by atoms with Crippen LogP contribution in [0.15, 0.2) is 50.5 Å². The molecule has 0 spiro atoms. The number of halogens is 4. The second kappa shape index (κ2) is 10.1. The third-order valence-corrected chi connectivity index (χ3v) is 6.82. The summed E-state index contributed by atoms with van der Waals surface area (Å²) in [6.45, 7) is 1.12. The second-order valence-electron chi connectivity index (χ2n) is 8.00. The van der Waals surface area contributed by atoms with E-state index in [1.807, 2.05) is 0 Å². The molecule has 1 fully saturated rings. The van der Waals surface area contributed by atoms with Gasteiger partial charge in [-0.05, 0) is 24.6 Å². The average molecular weight is 559 g/mol. The number of aliphatic hydroxyl groups is 1. The van der Waals surface area contributed by atoms with Crippen molar-refractivity contribution in [2.45, 2.75) is 31.4 Å². The maximum Gasteiger partial charge on any atom is 0.338 e. The molecular weight excluding hydrogens is 537 g/mol. The van der Waals surface area contributed by atoms with Crippen molar-refractivity contribution in [2.24, 2.45) is 4.99 Å². The van der Waals surface area contributed by atoms with Gasteiger partial charge >= 0.3 is 5.97 Å². The number of benzene rings is 1. The Morgan fingerprint density at radius 2 is 2.24 bits per heavy atom. The minimum Gasteiger partial charge on any atom is -0.463 e. The molecule has 0 aliphatic carbocycles. The minimum atomic E-state index is -3.07. The number of β-amino-alcohol motifs (C(OH)–C–C–N with tert-alkyl or cyclic N) is 1. The number of esters is 1. The summed E-state index contributed by atoms with van der Waals surface area (Å²) in [6, 6.07) is 3.12. The molecule has 182 valence electrons. The van der Waals surface area contributed by atoms with Crippen LogP contribution in [0.5, 0.6) is 0 Å². The number of piperidine rings is 1. The molecule has 2 aromatic rings. The lowest BCUT2D eigenvalue weighted by molar-refractivity contribution is -0.139. The molecule has 1 saturated heterocycles. The molecule has 1 unspecified atom stereocenters. The molecule has 0 bridgehead atoms. The number of nitrogens with zero attached hydrogens (tertiary/aromatic N) is 3. The Balaban J connectivity index is 1.81. The topological polar surface area (TPSA) is 87.0 Å². The Labute approximate surface area is 206 Å². The van der Waals surface area contributed by atoms with Gasteiger partial charge in [0.1, 0.15) is 11.9 Å². The number of nitrogens with one attached hydrogen (secondary N) is 1. The number of hydrogen-bond donors (Lipinski definition) is 2. The van der Waals surface area contributed by atoms with Crippen LogP contribution in [0.3, 0.4) is 0 Å². The maximum absolute atomic E-state index is 14.2. The summed E-state index contributed by atoms with van der Waals surface area (Å²) in [5, 5.41) is 15.4. The van der Waals surface area contributed by atoms with Crippen molar-refractivity contribution in [3.05, 3.63) is 61.9 Å². The van der Waals surface area contributed by atoms with Crippen LogP contribution in [0.4, 0.5) is 13.2 Å². The highest BCUT2D eigenvalue weighted by molar-refractivity contribution is 9.10. The third-order valence-electron chi connectivity index (χ3n) is 5.35. The zero-order chi connectivity index (χ0) is 24.5. The van der Waals surface area contributed by atoms with Gasteiger partial charge in [-0.15, -0.1) is 11.3 Å². The van der Waals surface area contributed by atoms with Crippen molar-refractivity contribution in [3.8, 4) is 0 Å². The van der Waals surface area contributed by atoms with Gasteiger partial charge in [0.25, 0.3) is 5.92 Å². The standard InChI is InChI=1S/C22H22BrF3N4O3S/c1-2-33-21(32)17-16(10-30-9-13(31)8-22(25,26)11-30)28-19(20-27-5-6-34-20)29-18(17)14-4-3-12(24)7-15(14)23/h3-7,13,18,31H,2,8-11H2,1H3,(H,28,29)/t13?,18-/m0/s1. The molecule has 0 radical (unpaired) electrons. The van der Waals surface area contributed by atoms with Gasteiger partial charge in [0.05, 0.1) is 24.8 Å². The number of hydrogen-bond acceptors (Lipinski definition) is 8. The average Bonchev–Trinajstić information content (AvgIpc) is 3.27. The third kappa shape index (κ3) is 5.51. The number of thiazole rings is 1. The van der Waals surface area contributed by atoms with Crippen LogP contribution in [0.1, 0.15) is 30.0 Å². The normalized spacial score (nSPS) is 22.8. The zero-order valence-corrected chi connectivity index (χ0v) is 20.5. The zero-order valence-electron chi connectivity index (χ0n) is 18.1. The number of carbonyl (C=O) groups excluding carboxylic acids is 1. The quantitative estimate of drug-likeness (QED) is 0.526. The number of amidine groups is 1. The van der Waals surface area contributed by atoms with E-state index in [1.54, 1.807) is 18.5 Å². The first-order valence-corrected chi connectivity index (χ1v) is 12.2. The van der Waals surface area contributed by atoms with E-state index in [-0.39, 0.29) is 25.3 Å². The van der Waals surface area contributed by atoms with Crippen LogP contribution in [0, 0.1) is 5.82 Å². The van der Waals surface area contributed by atoms with Crippen molar-refractivity contribution in [2.75, 3.05) is 26.2 Å². The first kappa shape index (κ1) is 24.8. The van der Waals surface area contributed by atoms with Crippen LogP contribution >= 0.6 is 27.3 Å². The van der Waals surface area contributed by atoms with Crippen LogP contribution in [0.2, 0.25) is 0 Å². The van der Waals surface area contributed by atoms with Crippen LogP contribution in [-0.4, -0.2) is 65.1 Å². The van der Waals surface area contributed by atoms with Gasteiger partial charge in [0, 0.05) is 41.3 Å². The molecule has 7 nitrogen and oxygen atoms in total. The molecule has 3 heterocycles. The number of aliphatic imine (C=N–C) groups is 1. The predicted molar refractivity (Wildman–Crippen MR) is 124 cm³/mol. The van der Waals surface area contributed by atoms with E-state index in [9.17, 15) is 23.1 Å². The van der Waals surface area contributed by atoms with Gasteiger partial charge in [-0.3, -0.25) is 9.89 Å². The van der Waals surface area contributed by atoms with Crippen LogP contribution in [0.25, 0.3) is 0 Å². The summed E-state index contributed by atoms with van der Waals surface area (Å²) in [5.41, 5.74) is 0.934. The highest BCUT2D eigenvalue weighted by atomic mass is 79.9. The number of carbonyl (C=O) groups is 1. The smallest absolute Gasteiger partial charge is 0.338 e. The number of likely N-dealkylation sites (tertiary alicyclic amines) is 1. The van der Waals surface area contributed by atoms with Crippen molar-refractivity contribution in [3.63, 3.8) is 0 Å². The van der Waals surface area contributed by atoms with Crippen LogP contribution < -0.4 is 5.32 Å². The van der Waals surface area contributed by atoms with Crippen molar-refractivity contribution in [1.82, 2.24) is 15.2 Å². The molecule has 34 heavy (non-hydrogen) atoms. The van der Waals surface area contributed by atoms with E-state index in [1.165, 1.54) is 34.4 Å². The van der Waals surface area contributed by atoms with Gasteiger partial charge in [0.2, 0.25) is 0 Å². The fourth-order valence-corrected chi connectivity index (χ4v) is 5.23. The van der Waals surface area contributed by atoms with Crippen LogP contribution in [-0.2, 0) is 9.53 Å². The van der Waals surface area contributed by atoms with Gasteiger partial charge in [0.15, 0.2) is 10.8 Å². The number of aliphatic hydroxyl groups excluding tert-OH is 1. The van der Waals surface area contributed by atoms with E-state index in [4.69, 9.17) is 4.74 Å². The summed E-state index contributed by atoms with van der Waals surface area (Å²) >= 11 is 4.66. The van der Waals surface area contributed by atoms with Gasteiger partial charge in [-0.1, -0.05) is 22.0 Å². The second-order valence-corrected chi connectivity index (χ2v) is 9.75. The lowest BCUT2D eigenvalue weighted by atomic mass is 9.94. The number of aromatic nitrogens is 1. The van der Waals surface area contributed by atoms with E-state index < -0.39 is 42.8 Å². The first-order chi connectivity index (χ1) is 16.2. The highest BCUT2D eigenvalue weighted by Gasteiger charge is 2.41. The first-order valence-electron chi connectivity index (χ1n) is 10.5. The molecular formula is C22H22BrF3N4O3S. The Hall–Kier alpha value is -2.28. The molecule has 1 aromatic carbocycles. The largest absolute Gasteiger partial charge is 0.463 e. The number of rotatable bonds is 6. The Bertz CT molecular complexity index is 1130. The Morgan fingerprint density at radius 3 is 2.88 bits per heavy atom. The predicted octanol–water partition coefficient (Wildman–Crippen LogP) is 3.65. The van der Waals surface area contributed by atoms with E-state index >= 15 is 0 Å². The number of alkyl halides is 2. The molecule has 0 saturated carbocycles. The van der Waals surface area contributed by atoms with E-state index in [0.29, 0.717) is 26.6 Å². The molecule has 1 aromatic heterocycles. The summed E-state index contributed by atoms with van der Waals surface area (Å²) in [5.74, 6) is -3.86. The van der Waals surface area contributed by atoms with Gasteiger partial charge in [-0.2, -0.15) is 0 Å². The SMILES string of the molecule is CCOC(=O)C1=C(CN2CC(O)CC(F)(F)C2)NC(c2nccs2)=N[C@H]1c1ccc(F)cc1Br. The van der Waals surface area contributed by atoms with Gasteiger partial charge in [-0.25, -0.2) is 22.9 Å². The maximum atomic E-state index is 14.2. The summed E-state index contributed by atoms with van der Waals surface area (Å²) in [7, 11) is 0. The molecule has 2 N–H and O–H groups in total. The number of ether oxygens (including phenoxy) is 1. The molecule has 0 amide bonds.